The first-order chi connectivity index (χ1) is 10.3. The van der Waals surface area contributed by atoms with Crippen LogP contribution in [0.5, 0.6) is 0 Å². The smallest absolute Gasteiger partial charge is 0.184 e. The Labute approximate surface area is 126 Å². The molecule has 0 amide bonds. The number of carbonyl (C=O) groups is 1. The number of benzene rings is 2. The summed E-state index contributed by atoms with van der Waals surface area (Å²) in [5.41, 5.74) is 0.310. The highest BCUT2D eigenvalue weighted by molar-refractivity contribution is 7.90. The molecule has 0 fully saturated rings. The molecule has 2 aromatic rings. The van der Waals surface area contributed by atoms with Gasteiger partial charge in [0.15, 0.2) is 15.6 Å². The van der Waals surface area contributed by atoms with Crippen molar-refractivity contribution in [1.82, 2.24) is 0 Å². The van der Waals surface area contributed by atoms with Crippen LogP contribution in [0.25, 0.3) is 0 Å². The number of hydrogen-bond acceptors (Lipinski definition) is 4. The van der Waals surface area contributed by atoms with Crippen molar-refractivity contribution in [2.45, 2.75) is 4.90 Å². The minimum absolute atomic E-state index is 0.187. The van der Waals surface area contributed by atoms with Gasteiger partial charge in [0.1, 0.15) is 11.6 Å². The number of sulfone groups is 1. The predicted molar refractivity (Wildman–Crippen MR) is 78.7 cm³/mol. The number of carbonyl (C=O) groups excluding carboxylic acids is 1. The Hall–Kier alpha value is -2.28. The fraction of sp³-hybridized carbons (Fsp3) is 0.133. The van der Waals surface area contributed by atoms with E-state index in [4.69, 9.17) is 0 Å². The lowest BCUT2D eigenvalue weighted by Crippen LogP contribution is -2.15. The van der Waals surface area contributed by atoms with Crippen LogP contribution in [0.1, 0.15) is 10.4 Å². The van der Waals surface area contributed by atoms with E-state index in [1.807, 2.05) is 0 Å². The zero-order valence-electron chi connectivity index (χ0n) is 11.6. The van der Waals surface area contributed by atoms with Gasteiger partial charge in [0.2, 0.25) is 0 Å². The van der Waals surface area contributed by atoms with Crippen molar-refractivity contribution in [3.05, 3.63) is 59.7 Å². The Balaban J connectivity index is 2.11. The molecule has 7 heteroatoms. The van der Waals surface area contributed by atoms with Crippen LogP contribution >= 0.6 is 0 Å². The highest BCUT2D eigenvalue weighted by atomic mass is 32.2. The zero-order chi connectivity index (χ0) is 16.3. The molecule has 0 bridgehead atoms. The largest absolute Gasteiger partial charge is 0.378 e. The van der Waals surface area contributed by atoms with E-state index in [9.17, 15) is 22.0 Å². The number of nitrogens with one attached hydrogen (secondary N) is 1. The molecule has 0 saturated carbocycles. The Kier molecular flexibility index (Phi) is 4.56. The van der Waals surface area contributed by atoms with Gasteiger partial charge in [-0.15, -0.1) is 0 Å². The molecule has 116 valence electrons. The van der Waals surface area contributed by atoms with Crippen molar-refractivity contribution >= 4 is 21.3 Å². The molecule has 0 atom stereocenters. The number of halogens is 2. The fourth-order valence-electron chi connectivity index (χ4n) is 1.80. The summed E-state index contributed by atoms with van der Waals surface area (Å²) < 4.78 is 49.2. The molecule has 2 rings (SSSR count). The molecule has 0 heterocycles. The van der Waals surface area contributed by atoms with Gasteiger partial charge >= 0.3 is 0 Å². The van der Waals surface area contributed by atoms with Crippen LogP contribution in [0.2, 0.25) is 0 Å². The first-order valence-electron chi connectivity index (χ1n) is 6.29. The molecule has 0 aliphatic heterocycles. The first-order valence-corrected chi connectivity index (χ1v) is 8.19. The molecule has 0 saturated heterocycles. The van der Waals surface area contributed by atoms with Crippen LogP contribution in [-0.2, 0) is 9.84 Å². The summed E-state index contributed by atoms with van der Waals surface area (Å²) in [5, 5.41) is 2.74. The summed E-state index contributed by atoms with van der Waals surface area (Å²) in [4.78, 5) is 11.8. The maximum absolute atomic E-state index is 13.8. The summed E-state index contributed by atoms with van der Waals surface area (Å²) in [6.45, 7) is -0.194. The average molecular weight is 325 g/mol. The van der Waals surface area contributed by atoms with E-state index < -0.39 is 27.3 Å². The number of ketones is 1. The van der Waals surface area contributed by atoms with Crippen LogP contribution in [0.4, 0.5) is 14.5 Å². The van der Waals surface area contributed by atoms with Gasteiger partial charge in [0.25, 0.3) is 0 Å². The lowest BCUT2D eigenvalue weighted by Gasteiger charge is -2.07. The van der Waals surface area contributed by atoms with E-state index >= 15 is 0 Å². The third kappa shape index (κ3) is 3.88. The average Bonchev–Trinajstić information content (AvgIpc) is 2.45. The van der Waals surface area contributed by atoms with E-state index in [0.29, 0.717) is 5.69 Å². The van der Waals surface area contributed by atoms with Crippen LogP contribution in [-0.4, -0.2) is 27.0 Å². The maximum atomic E-state index is 13.8. The minimum Gasteiger partial charge on any atom is -0.378 e. The van der Waals surface area contributed by atoms with Gasteiger partial charge in [0, 0.05) is 11.9 Å². The highest BCUT2D eigenvalue weighted by Crippen LogP contribution is 2.16. The van der Waals surface area contributed by atoms with Crippen molar-refractivity contribution in [3.8, 4) is 0 Å². The molecule has 0 unspecified atom stereocenters. The minimum atomic E-state index is -3.53. The van der Waals surface area contributed by atoms with Gasteiger partial charge in [-0.05, 0) is 42.5 Å². The quantitative estimate of drug-likeness (QED) is 0.859. The first kappa shape index (κ1) is 16.1. The van der Waals surface area contributed by atoms with E-state index in [2.05, 4.69) is 5.32 Å². The van der Waals surface area contributed by atoms with Crippen molar-refractivity contribution in [1.29, 1.82) is 0 Å². The summed E-state index contributed by atoms with van der Waals surface area (Å²) >= 11 is 0. The number of rotatable bonds is 5. The van der Waals surface area contributed by atoms with Crippen molar-refractivity contribution in [3.63, 3.8) is 0 Å². The molecule has 0 radical (unpaired) electrons. The molecular formula is C15H13F2NO3S. The third-order valence-corrected chi connectivity index (χ3v) is 4.08. The number of Topliss-reactive ketones (excluding diaryl/α,β-unsaturated/α-hetero) is 1. The molecular weight excluding hydrogens is 312 g/mol. The highest BCUT2D eigenvalue weighted by Gasteiger charge is 2.15. The normalized spacial score (nSPS) is 11.2. The van der Waals surface area contributed by atoms with Gasteiger partial charge < -0.3 is 5.32 Å². The maximum Gasteiger partial charge on any atom is 0.184 e. The molecule has 1 N–H and O–H groups in total. The zero-order valence-corrected chi connectivity index (χ0v) is 12.5. The molecule has 22 heavy (non-hydrogen) atoms. The summed E-state index contributed by atoms with van der Waals surface area (Å²) in [7, 11) is -3.53. The Morgan fingerprint density at radius 2 is 1.73 bits per heavy atom. The van der Waals surface area contributed by atoms with E-state index in [-0.39, 0.29) is 17.0 Å². The summed E-state index contributed by atoms with van der Waals surface area (Å²) in [6, 6.07) is 8.50. The van der Waals surface area contributed by atoms with Gasteiger partial charge in [0.05, 0.1) is 17.0 Å². The lowest BCUT2D eigenvalue weighted by molar-refractivity contribution is 0.100. The van der Waals surface area contributed by atoms with E-state index in [1.165, 1.54) is 30.3 Å². The molecule has 0 spiro atoms. The van der Waals surface area contributed by atoms with Gasteiger partial charge in [-0.25, -0.2) is 17.2 Å². The standard InChI is InChI=1S/C15H13F2NO3S/c1-22(20,21)12-6-7-13(14(17)8-12)15(19)9-18-11-4-2-10(16)3-5-11/h2-8,18H,9H2,1H3. The van der Waals surface area contributed by atoms with Crippen molar-refractivity contribution in [2.24, 2.45) is 0 Å². The molecule has 4 nitrogen and oxygen atoms in total. The second-order valence-electron chi connectivity index (χ2n) is 4.70. The molecule has 0 aliphatic rings. The lowest BCUT2D eigenvalue weighted by atomic mass is 10.1. The summed E-state index contributed by atoms with van der Waals surface area (Å²) in [5.74, 6) is -1.84. The van der Waals surface area contributed by atoms with E-state index in [0.717, 1.165) is 18.4 Å². The number of hydrogen-bond donors (Lipinski definition) is 1. The Morgan fingerprint density at radius 1 is 1.09 bits per heavy atom. The van der Waals surface area contributed by atoms with Gasteiger partial charge in [-0.1, -0.05) is 0 Å². The predicted octanol–water partition coefficient (Wildman–Crippen LogP) is 2.66. The van der Waals surface area contributed by atoms with Crippen LogP contribution in [0, 0.1) is 11.6 Å². The van der Waals surface area contributed by atoms with Crippen molar-refractivity contribution in [2.75, 3.05) is 18.1 Å². The van der Waals surface area contributed by atoms with Gasteiger partial charge in [-0.2, -0.15) is 0 Å². The Morgan fingerprint density at radius 3 is 2.27 bits per heavy atom. The second kappa shape index (κ2) is 6.23. The second-order valence-corrected chi connectivity index (χ2v) is 6.71. The topological polar surface area (TPSA) is 63.2 Å². The summed E-state index contributed by atoms with van der Waals surface area (Å²) in [6.07, 6.45) is 0.958. The molecule has 2 aromatic carbocycles. The van der Waals surface area contributed by atoms with Crippen molar-refractivity contribution < 1.29 is 22.0 Å². The number of anilines is 1. The SMILES string of the molecule is CS(=O)(=O)c1ccc(C(=O)CNc2ccc(F)cc2)c(F)c1. The third-order valence-electron chi connectivity index (χ3n) is 2.97. The van der Waals surface area contributed by atoms with Gasteiger partial charge in [-0.3, -0.25) is 4.79 Å². The van der Waals surface area contributed by atoms with Crippen LogP contribution < -0.4 is 5.32 Å². The van der Waals surface area contributed by atoms with Crippen LogP contribution in [0.3, 0.4) is 0 Å². The molecule has 0 aromatic heterocycles. The van der Waals surface area contributed by atoms with Crippen LogP contribution in [0.15, 0.2) is 47.4 Å². The molecule has 0 aliphatic carbocycles. The van der Waals surface area contributed by atoms with E-state index in [1.54, 1.807) is 0 Å². The fourth-order valence-corrected chi connectivity index (χ4v) is 2.43. The Bertz CT molecular complexity index is 802. The monoisotopic (exact) mass is 325 g/mol.